The zero-order valence-electron chi connectivity index (χ0n) is 13.5. The lowest BCUT2D eigenvalue weighted by Crippen LogP contribution is -2.56. The van der Waals surface area contributed by atoms with E-state index in [1.807, 2.05) is 38.1 Å². The molecular weight excluding hydrogens is 306 g/mol. The molecule has 3 heterocycles. The molecular formula is C16H19N7O. The van der Waals surface area contributed by atoms with Crippen molar-refractivity contribution in [3.8, 4) is 5.69 Å². The fourth-order valence-electron chi connectivity index (χ4n) is 3.05. The van der Waals surface area contributed by atoms with Crippen LogP contribution in [0.5, 0.6) is 0 Å². The Bertz CT molecular complexity index is 779. The van der Waals surface area contributed by atoms with Gasteiger partial charge in [-0.05, 0) is 23.6 Å². The first-order valence-corrected chi connectivity index (χ1v) is 7.93. The molecule has 0 radical (unpaired) electrons. The van der Waals surface area contributed by atoms with Crippen molar-refractivity contribution < 1.29 is 4.79 Å². The molecule has 124 valence electrons. The molecule has 1 amide bonds. The number of benzene rings is 1. The maximum atomic E-state index is 12.8. The van der Waals surface area contributed by atoms with Crippen LogP contribution in [0.4, 0.5) is 0 Å². The third-order valence-electron chi connectivity index (χ3n) is 4.19. The van der Waals surface area contributed by atoms with Gasteiger partial charge in [0.25, 0.3) is 5.91 Å². The first kappa shape index (κ1) is 14.9. The zero-order chi connectivity index (χ0) is 16.7. The fourth-order valence-corrected chi connectivity index (χ4v) is 3.05. The highest BCUT2D eigenvalue weighted by Crippen LogP contribution is 2.28. The molecule has 2 aliphatic rings. The van der Waals surface area contributed by atoms with Gasteiger partial charge in [-0.3, -0.25) is 10.1 Å². The molecule has 3 N–H and O–H groups in total. The van der Waals surface area contributed by atoms with Gasteiger partial charge in [0, 0.05) is 5.57 Å². The van der Waals surface area contributed by atoms with Crippen molar-refractivity contribution in [2.45, 2.75) is 20.1 Å². The summed E-state index contributed by atoms with van der Waals surface area (Å²) in [7, 11) is 0. The van der Waals surface area contributed by atoms with E-state index in [2.05, 4.69) is 26.3 Å². The van der Waals surface area contributed by atoms with Crippen molar-refractivity contribution in [1.29, 1.82) is 0 Å². The second-order valence-corrected chi connectivity index (χ2v) is 6.07. The molecule has 1 aromatic carbocycles. The molecule has 0 aliphatic carbocycles. The van der Waals surface area contributed by atoms with E-state index in [-0.39, 0.29) is 18.1 Å². The van der Waals surface area contributed by atoms with Gasteiger partial charge >= 0.3 is 0 Å². The van der Waals surface area contributed by atoms with Crippen molar-refractivity contribution >= 4 is 11.6 Å². The lowest BCUT2D eigenvalue weighted by atomic mass is 9.94. The van der Waals surface area contributed by atoms with Gasteiger partial charge in [0.1, 0.15) is 0 Å². The average molecular weight is 325 g/mol. The molecule has 1 saturated heterocycles. The summed E-state index contributed by atoms with van der Waals surface area (Å²) in [4.78, 5) is 14.3. The molecule has 0 bridgehead atoms. The standard InChI is InChI=1S/C16H19N7O/c1-10(2)13-14(21-16-17-9-20-22(16)15(13)24)11-3-5-12(6-4-11)23-18-7-8-19-23/h3-8,10,16-17,20-21H,9H2,1-2H3. The van der Waals surface area contributed by atoms with Gasteiger partial charge < -0.3 is 5.32 Å². The zero-order valence-corrected chi connectivity index (χ0v) is 13.5. The van der Waals surface area contributed by atoms with E-state index in [0.717, 1.165) is 22.5 Å². The summed E-state index contributed by atoms with van der Waals surface area (Å²) < 4.78 is 0. The van der Waals surface area contributed by atoms with E-state index < -0.39 is 0 Å². The van der Waals surface area contributed by atoms with E-state index in [1.165, 1.54) is 0 Å². The van der Waals surface area contributed by atoms with E-state index in [1.54, 1.807) is 22.2 Å². The van der Waals surface area contributed by atoms with Gasteiger partial charge in [-0.1, -0.05) is 26.0 Å². The highest BCUT2D eigenvalue weighted by molar-refractivity contribution is 6.02. The lowest BCUT2D eigenvalue weighted by molar-refractivity contribution is -0.132. The number of hydrogen-bond donors (Lipinski definition) is 3. The van der Waals surface area contributed by atoms with Gasteiger partial charge in [-0.25, -0.2) is 10.4 Å². The van der Waals surface area contributed by atoms with Crippen LogP contribution in [-0.4, -0.2) is 38.9 Å². The Morgan fingerprint density at radius 3 is 2.54 bits per heavy atom. The second kappa shape index (κ2) is 5.73. The van der Waals surface area contributed by atoms with E-state index in [0.29, 0.717) is 6.67 Å². The molecule has 1 unspecified atom stereocenters. The number of rotatable bonds is 3. The minimum atomic E-state index is -0.234. The Labute approximate surface area is 139 Å². The topological polar surface area (TPSA) is 87.1 Å². The van der Waals surface area contributed by atoms with Crippen molar-refractivity contribution in [3.05, 3.63) is 47.8 Å². The molecule has 0 spiro atoms. The fraction of sp³-hybridized carbons (Fsp3) is 0.312. The Morgan fingerprint density at radius 2 is 1.88 bits per heavy atom. The summed E-state index contributed by atoms with van der Waals surface area (Å²) in [6, 6.07) is 7.85. The van der Waals surface area contributed by atoms with Gasteiger partial charge in [-0.2, -0.15) is 15.0 Å². The Kier molecular flexibility index (Phi) is 3.55. The summed E-state index contributed by atoms with van der Waals surface area (Å²) >= 11 is 0. The lowest BCUT2D eigenvalue weighted by Gasteiger charge is -2.34. The number of aromatic nitrogens is 3. The monoisotopic (exact) mass is 325 g/mol. The Morgan fingerprint density at radius 1 is 1.17 bits per heavy atom. The van der Waals surface area contributed by atoms with Crippen molar-refractivity contribution in [3.63, 3.8) is 0 Å². The average Bonchev–Trinajstić information content (AvgIpc) is 3.26. The van der Waals surface area contributed by atoms with Gasteiger partial charge in [0.05, 0.1) is 30.4 Å². The number of amides is 1. The van der Waals surface area contributed by atoms with Crippen LogP contribution in [0.2, 0.25) is 0 Å². The molecule has 1 aromatic heterocycles. The molecule has 1 atom stereocenters. The largest absolute Gasteiger partial charge is 0.351 e. The minimum Gasteiger partial charge on any atom is -0.351 e. The predicted molar refractivity (Wildman–Crippen MR) is 88.0 cm³/mol. The number of carbonyl (C=O) groups is 1. The third-order valence-corrected chi connectivity index (χ3v) is 4.19. The maximum absolute atomic E-state index is 12.8. The maximum Gasteiger partial charge on any atom is 0.269 e. The SMILES string of the molecule is CC(C)C1=C(c2ccc(-n3nccn3)cc2)NC2NCNN2C1=O. The van der Waals surface area contributed by atoms with Crippen LogP contribution in [0.1, 0.15) is 19.4 Å². The van der Waals surface area contributed by atoms with Crippen LogP contribution in [0.25, 0.3) is 11.4 Å². The molecule has 24 heavy (non-hydrogen) atoms. The minimum absolute atomic E-state index is 0.00608. The first-order chi connectivity index (χ1) is 11.6. The highest BCUT2D eigenvalue weighted by atomic mass is 16.2. The molecule has 2 aliphatic heterocycles. The third kappa shape index (κ3) is 2.36. The van der Waals surface area contributed by atoms with Crippen LogP contribution < -0.4 is 16.1 Å². The molecule has 8 nitrogen and oxygen atoms in total. The van der Waals surface area contributed by atoms with Gasteiger partial charge in [0.2, 0.25) is 0 Å². The van der Waals surface area contributed by atoms with Crippen LogP contribution in [0, 0.1) is 5.92 Å². The quantitative estimate of drug-likeness (QED) is 0.758. The first-order valence-electron chi connectivity index (χ1n) is 7.93. The summed E-state index contributed by atoms with van der Waals surface area (Å²) in [6.45, 7) is 4.62. The van der Waals surface area contributed by atoms with Crippen molar-refractivity contribution in [2.75, 3.05) is 6.67 Å². The van der Waals surface area contributed by atoms with Gasteiger partial charge in [0.15, 0.2) is 6.29 Å². The van der Waals surface area contributed by atoms with Crippen LogP contribution in [-0.2, 0) is 4.79 Å². The van der Waals surface area contributed by atoms with Gasteiger partial charge in [-0.15, -0.1) is 0 Å². The van der Waals surface area contributed by atoms with Crippen LogP contribution in [0.15, 0.2) is 42.2 Å². The van der Waals surface area contributed by atoms with E-state index in [4.69, 9.17) is 0 Å². The van der Waals surface area contributed by atoms with Crippen molar-refractivity contribution in [1.82, 2.24) is 36.1 Å². The van der Waals surface area contributed by atoms with Crippen LogP contribution >= 0.6 is 0 Å². The summed E-state index contributed by atoms with van der Waals surface area (Å²) in [5.41, 5.74) is 6.53. The second-order valence-electron chi connectivity index (χ2n) is 6.07. The summed E-state index contributed by atoms with van der Waals surface area (Å²) in [5.74, 6) is 0.113. The van der Waals surface area contributed by atoms with Crippen molar-refractivity contribution in [2.24, 2.45) is 5.92 Å². The molecule has 0 saturated carbocycles. The number of carbonyl (C=O) groups excluding carboxylic acids is 1. The smallest absolute Gasteiger partial charge is 0.269 e. The molecule has 4 rings (SSSR count). The predicted octanol–water partition coefficient (Wildman–Crippen LogP) is 0.415. The normalized spacial score (nSPS) is 20.5. The Balaban J connectivity index is 1.73. The number of nitrogens with one attached hydrogen (secondary N) is 3. The summed E-state index contributed by atoms with van der Waals surface area (Å²) in [5, 5.41) is 16.5. The molecule has 8 heteroatoms. The highest BCUT2D eigenvalue weighted by Gasteiger charge is 2.38. The summed E-state index contributed by atoms with van der Waals surface area (Å²) in [6.07, 6.45) is 3.05. The van der Waals surface area contributed by atoms with E-state index in [9.17, 15) is 4.79 Å². The molecule has 1 fully saturated rings. The van der Waals surface area contributed by atoms with Crippen LogP contribution in [0.3, 0.4) is 0 Å². The number of nitrogens with zero attached hydrogens (tertiary/aromatic N) is 4. The number of hydrogen-bond acceptors (Lipinski definition) is 6. The van der Waals surface area contributed by atoms with E-state index >= 15 is 0 Å². The Hall–Kier alpha value is -2.71. The molecule has 2 aromatic rings. The number of hydrazine groups is 1. The number of fused-ring (bicyclic) bond motifs is 1.